The van der Waals surface area contributed by atoms with Crippen LogP contribution in [0.5, 0.6) is 11.5 Å². The lowest BCUT2D eigenvalue weighted by Gasteiger charge is -2.10. The molecule has 0 saturated heterocycles. The molecule has 0 aliphatic heterocycles. The fraction of sp³-hybridized carbons (Fsp3) is 0.0714. The van der Waals surface area contributed by atoms with Gasteiger partial charge in [0, 0.05) is 0 Å². The van der Waals surface area contributed by atoms with E-state index in [2.05, 4.69) is 0 Å². The minimum Gasteiger partial charge on any atom is -0.456 e. The van der Waals surface area contributed by atoms with E-state index in [-0.39, 0.29) is 17.1 Å². The summed E-state index contributed by atoms with van der Waals surface area (Å²) < 4.78 is 55.7. The molecule has 0 bridgehead atoms. The fourth-order valence-electron chi connectivity index (χ4n) is 1.54. The van der Waals surface area contributed by atoms with Gasteiger partial charge in [-0.2, -0.15) is 18.4 Å². The molecule has 0 aliphatic carbocycles. The van der Waals surface area contributed by atoms with Crippen molar-refractivity contribution in [2.75, 3.05) is 0 Å². The highest BCUT2D eigenvalue weighted by Crippen LogP contribution is 2.32. The zero-order valence-corrected chi connectivity index (χ0v) is 9.91. The van der Waals surface area contributed by atoms with Crippen LogP contribution in [0.15, 0.2) is 42.5 Å². The van der Waals surface area contributed by atoms with E-state index in [0.29, 0.717) is 0 Å². The van der Waals surface area contributed by atoms with Gasteiger partial charge in [0.2, 0.25) is 0 Å². The Labute approximate surface area is 111 Å². The normalized spacial score (nSPS) is 10.9. The lowest BCUT2D eigenvalue weighted by molar-refractivity contribution is -0.137. The molecule has 6 heteroatoms. The topological polar surface area (TPSA) is 33.0 Å². The number of nitriles is 1. The lowest BCUT2D eigenvalue weighted by atomic mass is 10.2. The van der Waals surface area contributed by atoms with Crippen molar-refractivity contribution < 1.29 is 22.3 Å². The van der Waals surface area contributed by atoms with Crippen LogP contribution in [0.4, 0.5) is 17.6 Å². The Balaban J connectivity index is 2.28. The van der Waals surface area contributed by atoms with Gasteiger partial charge in [0.1, 0.15) is 28.9 Å². The molecule has 0 saturated carbocycles. The molecule has 0 heterocycles. The molecule has 2 aromatic rings. The van der Waals surface area contributed by atoms with E-state index < -0.39 is 17.6 Å². The van der Waals surface area contributed by atoms with Crippen molar-refractivity contribution in [2.24, 2.45) is 0 Å². The van der Waals surface area contributed by atoms with E-state index in [1.165, 1.54) is 12.1 Å². The van der Waals surface area contributed by atoms with E-state index in [9.17, 15) is 17.6 Å². The molecule has 0 radical (unpaired) electrons. The van der Waals surface area contributed by atoms with Crippen molar-refractivity contribution in [2.45, 2.75) is 6.18 Å². The first-order valence-electron chi connectivity index (χ1n) is 5.45. The van der Waals surface area contributed by atoms with Crippen molar-refractivity contribution >= 4 is 0 Å². The summed E-state index contributed by atoms with van der Waals surface area (Å²) in [4.78, 5) is 0. The summed E-state index contributed by atoms with van der Waals surface area (Å²) in [6.45, 7) is 0. The molecule has 2 aromatic carbocycles. The monoisotopic (exact) mass is 281 g/mol. The maximum absolute atomic E-state index is 13.3. The highest BCUT2D eigenvalue weighted by molar-refractivity contribution is 5.46. The van der Waals surface area contributed by atoms with Gasteiger partial charge < -0.3 is 4.74 Å². The maximum atomic E-state index is 13.3. The van der Waals surface area contributed by atoms with Gasteiger partial charge in [-0.1, -0.05) is 6.07 Å². The molecule has 0 unspecified atom stereocenters. The first kappa shape index (κ1) is 13.9. The van der Waals surface area contributed by atoms with Crippen molar-refractivity contribution in [1.82, 2.24) is 0 Å². The molecule has 2 nitrogen and oxygen atoms in total. The van der Waals surface area contributed by atoms with Crippen LogP contribution >= 0.6 is 0 Å². The number of benzene rings is 2. The number of nitrogens with zero attached hydrogens (tertiary/aromatic N) is 1. The number of ether oxygens (including phenoxy) is 1. The molecular weight excluding hydrogens is 274 g/mol. The van der Waals surface area contributed by atoms with E-state index in [0.717, 1.165) is 30.3 Å². The third kappa shape index (κ3) is 2.88. The maximum Gasteiger partial charge on any atom is 0.416 e. The minimum absolute atomic E-state index is 0.0488. The molecule has 0 aliphatic rings. The molecule has 102 valence electrons. The van der Waals surface area contributed by atoms with Crippen LogP contribution in [0.2, 0.25) is 0 Å². The van der Waals surface area contributed by atoms with Crippen LogP contribution in [-0.4, -0.2) is 0 Å². The summed E-state index contributed by atoms with van der Waals surface area (Å²) in [5.74, 6) is -0.718. The second kappa shape index (κ2) is 5.21. The first-order valence-corrected chi connectivity index (χ1v) is 5.45. The lowest BCUT2D eigenvalue weighted by Crippen LogP contribution is -2.04. The molecule has 0 amide bonds. The Kier molecular flexibility index (Phi) is 3.61. The molecule has 0 aromatic heterocycles. The van der Waals surface area contributed by atoms with Crippen molar-refractivity contribution in [3.8, 4) is 17.6 Å². The average Bonchev–Trinajstić information content (AvgIpc) is 2.38. The number of alkyl halides is 3. The highest BCUT2D eigenvalue weighted by Gasteiger charge is 2.30. The summed E-state index contributed by atoms with van der Waals surface area (Å²) in [5.41, 5.74) is -1.11. The van der Waals surface area contributed by atoms with E-state index in [4.69, 9.17) is 10.00 Å². The Bertz CT molecular complexity index is 656. The minimum atomic E-state index is -4.44. The van der Waals surface area contributed by atoms with Gasteiger partial charge in [-0.3, -0.25) is 0 Å². The van der Waals surface area contributed by atoms with Gasteiger partial charge in [-0.15, -0.1) is 0 Å². The number of hydrogen-bond acceptors (Lipinski definition) is 2. The second-order valence-electron chi connectivity index (χ2n) is 3.85. The Morgan fingerprint density at radius 3 is 2.20 bits per heavy atom. The van der Waals surface area contributed by atoms with E-state index in [1.54, 1.807) is 6.07 Å². The highest BCUT2D eigenvalue weighted by atomic mass is 19.4. The van der Waals surface area contributed by atoms with Gasteiger partial charge in [-0.05, 0) is 36.4 Å². The van der Waals surface area contributed by atoms with Gasteiger partial charge in [0.25, 0.3) is 0 Å². The zero-order valence-electron chi connectivity index (χ0n) is 9.91. The van der Waals surface area contributed by atoms with Crippen LogP contribution in [0, 0.1) is 17.1 Å². The molecule has 0 fully saturated rings. The zero-order chi connectivity index (χ0) is 14.8. The quantitative estimate of drug-likeness (QED) is 0.759. The third-order valence-corrected chi connectivity index (χ3v) is 2.50. The Hall–Kier alpha value is -2.55. The van der Waals surface area contributed by atoms with Crippen LogP contribution in [0.1, 0.15) is 11.1 Å². The first-order chi connectivity index (χ1) is 9.41. The fourth-order valence-corrected chi connectivity index (χ4v) is 1.54. The number of halogens is 4. The van der Waals surface area contributed by atoms with Gasteiger partial charge >= 0.3 is 6.18 Å². The van der Waals surface area contributed by atoms with Crippen molar-refractivity contribution in [3.05, 3.63) is 59.4 Å². The van der Waals surface area contributed by atoms with Crippen LogP contribution in [-0.2, 0) is 6.18 Å². The summed E-state index contributed by atoms with van der Waals surface area (Å²) in [5, 5.41) is 8.81. The smallest absolute Gasteiger partial charge is 0.416 e. The number of hydrogen-bond donors (Lipinski definition) is 0. The average molecular weight is 281 g/mol. The summed E-state index contributed by atoms with van der Waals surface area (Å²) in [7, 11) is 0. The predicted molar refractivity (Wildman–Crippen MR) is 62.6 cm³/mol. The van der Waals surface area contributed by atoms with Gasteiger partial charge in [0.05, 0.1) is 5.56 Å². The molecule has 0 spiro atoms. The second-order valence-corrected chi connectivity index (χ2v) is 3.85. The standard InChI is InChI=1S/C14H7F4NO/c15-12-2-1-3-13(11(12)8-19)20-10-6-4-9(5-7-10)14(16,17)18/h1-7H. The Morgan fingerprint density at radius 2 is 1.65 bits per heavy atom. The predicted octanol–water partition coefficient (Wildman–Crippen LogP) is 4.51. The molecular formula is C14H7F4NO. The van der Waals surface area contributed by atoms with Crippen LogP contribution in [0.25, 0.3) is 0 Å². The Morgan fingerprint density at radius 1 is 1.00 bits per heavy atom. The summed E-state index contributed by atoms with van der Waals surface area (Å²) in [6.07, 6.45) is -4.44. The summed E-state index contributed by atoms with van der Waals surface area (Å²) in [6, 6.07) is 9.35. The SMILES string of the molecule is N#Cc1c(F)cccc1Oc1ccc(C(F)(F)F)cc1. The van der Waals surface area contributed by atoms with Crippen LogP contribution < -0.4 is 4.74 Å². The van der Waals surface area contributed by atoms with Crippen LogP contribution in [0.3, 0.4) is 0 Å². The van der Waals surface area contributed by atoms with Gasteiger partial charge in [0.15, 0.2) is 0 Å². The summed E-state index contributed by atoms with van der Waals surface area (Å²) >= 11 is 0. The van der Waals surface area contributed by atoms with Crippen molar-refractivity contribution in [3.63, 3.8) is 0 Å². The molecule has 2 rings (SSSR count). The van der Waals surface area contributed by atoms with E-state index >= 15 is 0 Å². The molecule has 0 N–H and O–H groups in total. The molecule has 20 heavy (non-hydrogen) atoms. The van der Waals surface area contributed by atoms with Crippen molar-refractivity contribution in [1.29, 1.82) is 5.26 Å². The number of rotatable bonds is 2. The largest absolute Gasteiger partial charge is 0.456 e. The third-order valence-electron chi connectivity index (χ3n) is 2.50. The van der Waals surface area contributed by atoms with E-state index in [1.807, 2.05) is 0 Å². The van der Waals surface area contributed by atoms with Gasteiger partial charge in [-0.25, -0.2) is 4.39 Å². The molecule has 0 atom stereocenters.